The Morgan fingerprint density at radius 2 is 1.79 bits per heavy atom. The molecule has 100 valence electrons. The highest BCUT2D eigenvalue weighted by Gasteiger charge is 2.15. The fraction of sp³-hybridized carbons (Fsp3) is 0.143. The van der Waals surface area contributed by atoms with Crippen LogP contribution in [0.3, 0.4) is 0 Å². The summed E-state index contributed by atoms with van der Waals surface area (Å²) in [7, 11) is 0. The van der Waals surface area contributed by atoms with E-state index in [4.69, 9.17) is 17.4 Å². The number of rotatable bonds is 4. The van der Waals surface area contributed by atoms with Crippen LogP contribution >= 0.6 is 43.5 Å². The number of hydrogen-bond acceptors (Lipinski definition) is 2. The van der Waals surface area contributed by atoms with E-state index < -0.39 is 0 Å². The van der Waals surface area contributed by atoms with E-state index >= 15 is 0 Å². The monoisotopic (exact) mass is 402 g/mol. The van der Waals surface area contributed by atoms with E-state index in [2.05, 4.69) is 49.4 Å². The van der Waals surface area contributed by atoms with E-state index in [1.54, 1.807) is 0 Å². The first-order chi connectivity index (χ1) is 9.11. The van der Waals surface area contributed by atoms with Gasteiger partial charge in [-0.2, -0.15) is 0 Å². The van der Waals surface area contributed by atoms with Gasteiger partial charge in [0.1, 0.15) is 0 Å². The summed E-state index contributed by atoms with van der Waals surface area (Å²) in [6, 6.07) is 14.0. The summed E-state index contributed by atoms with van der Waals surface area (Å²) in [6.45, 7) is 0. The summed E-state index contributed by atoms with van der Waals surface area (Å²) in [5.74, 6) is 5.67. The predicted octanol–water partition coefficient (Wildman–Crippen LogP) is 4.61. The van der Waals surface area contributed by atoms with Crippen LogP contribution in [-0.2, 0) is 6.42 Å². The molecular weight excluding hydrogens is 391 g/mol. The zero-order chi connectivity index (χ0) is 13.8. The van der Waals surface area contributed by atoms with Gasteiger partial charge in [0.15, 0.2) is 0 Å². The second-order valence-corrected chi connectivity index (χ2v) is 6.34. The summed E-state index contributed by atoms with van der Waals surface area (Å²) >= 11 is 13.2. The van der Waals surface area contributed by atoms with Gasteiger partial charge in [-0.3, -0.25) is 11.3 Å². The molecule has 0 amide bonds. The van der Waals surface area contributed by atoms with E-state index in [1.807, 2.05) is 30.3 Å². The largest absolute Gasteiger partial charge is 0.271 e. The molecule has 0 aliphatic rings. The Labute approximate surface area is 134 Å². The lowest BCUT2D eigenvalue weighted by Gasteiger charge is -2.18. The maximum Gasteiger partial charge on any atom is 0.0596 e. The molecular formula is C14H13Br2ClN2. The SMILES string of the molecule is NNC(Cc1ccc(Br)cc1)c1cccc(Br)c1Cl. The first-order valence-corrected chi connectivity index (χ1v) is 7.72. The van der Waals surface area contributed by atoms with Crippen molar-refractivity contribution in [2.75, 3.05) is 0 Å². The third kappa shape index (κ3) is 3.80. The van der Waals surface area contributed by atoms with Gasteiger partial charge in [-0.15, -0.1) is 0 Å². The molecule has 19 heavy (non-hydrogen) atoms. The van der Waals surface area contributed by atoms with Crippen LogP contribution in [0, 0.1) is 0 Å². The van der Waals surface area contributed by atoms with Crippen molar-refractivity contribution in [2.24, 2.45) is 5.84 Å². The lowest BCUT2D eigenvalue weighted by molar-refractivity contribution is 0.552. The van der Waals surface area contributed by atoms with E-state index in [0.29, 0.717) is 5.02 Å². The first kappa shape index (κ1) is 15.0. The van der Waals surface area contributed by atoms with Crippen molar-refractivity contribution in [3.63, 3.8) is 0 Å². The van der Waals surface area contributed by atoms with Gasteiger partial charge in [-0.1, -0.05) is 51.8 Å². The van der Waals surface area contributed by atoms with Gasteiger partial charge in [-0.05, 0) is 51.7 Å². The van der Waals surface area contributed by atoms with Crippen LogP contribution in [0.5, 0.6) is 0 Å². The van der Waals surface area contributed by atoms with Crippen molar-refractivity contribution < 1.29 is 0 Å². The van der Waals surface area contributed by atoms with E-state index in [1.165, 1.54) is 5.56 Å². The summed E-state index contributed by atoms with van der Waals surface area (Å²) in [4.78, 5) is 0. The second-order valence-electron chi connectivity index (χ2n) is 4.19. The fourth-order valence-electron chi connectivity index (χ4n) is 1.90. The lowest BCUT2D eigenvalue weighted by atomic mass is 9.99. The number of nitrogens with one attached hydrogen (secondary N) is 1. The van der Waals surface area contributed by atoms with Crippen molar-refractivity contribution in [3.8, 4) is 0 Å². The van der Waals surface area contributed by atoms with Crippen LogP contribution in [0.15, 0.2) is 51.4 Å². The van der Waals surface area contributed by atoms with Gasteiger partial charge in [0, 0.05) is 8.95 Å². The minimum absolute atomic E-state index is 0.0221. The molecule has 0 aromatic heterocycles. The van der Waals surface area contributed by atoms with Crippen molar-refractivity contribution in [3.05, 3.63) is 67.6 Å². The van der Waals surface area contributed by atoms with E-state index in [-0.39, 0.29) is 6.04 Å². The van der Waals surface area contributed by atoms with Gasteiger partial charge in [0.25, 0.3) is 0 Å². The highest BCUT2D eigenvalue weighted by Crippen LogP contribution is 2.31. The van der Waals surface area contributed by atoms with Crippen LogP contribution in [0.1, 0.15) is 17.2 Å². The smallest absolute Gasteiger partial charge is 0.0596 e. The highest BCUT2D eigenvalue weighted by molar-refractivity contribution is 9.10. The molecule has 0 aliphatic heterocycles. The molecule has 2 rings (SSSR count). The number of benzene rings is 2. The molecule has 0 saturated carbocycles. The number of nitrogens with two attached hydrogens (primary N) is 1. The Bertz CT molecular complexity index is 558. The zero-order valence-electron chi connectivity index (χ0n) is 10.0. The van der Waals surface area contributed by atoms with Crippen molar-refractivity contribution >= 4 is 43.5 Å². The molecule has 0 fully saturated rings. The third-order valence-corrected chi connectivity index (χ3v) is 4.75. The maximum atomic E-state index is 6.31. The van der Waals surface area contributed by atoms with Crippen LogP contribution in [0.25, 0.3) is 0 Å². The highest BCUT2D eigenvalue weighted by atomic mass is 79.9. The molecule has 0 radical (unpaired) electrons. The van der Waals surface area contributed by atoms with Gasteiger partial charge in [0.05, 0.1) is 11.1 Å². The zero-order valence-corrected chi connectivity index (χ0v) is 14.0. The Morgan fingerprint density at radius 3 is 2.42 bits per heavy atom. The lowest BCUT2D eigenvalue weighted by Crippen LogP contribution is -2.29. The quantitative estimate of drug-likeness (QED) is 0.577. The van der Waals surface area contributed by atoms with Crippen molar-refractivity contribution in [2.45, 2.75) is 12.5 Å². The molecule has 0 saturated heterocycles. The molecule has 2 nitrogen and oxygen atoms in total. The van der Waals surface area contributed by atoms with Gasteiger partial charge in [-0.25, -0.2) is 0 Å². The summed E-state index contributed by atoms with van der Waals surface area (Å²) < 4.78 is 1.94. The summed E-state index contributed by atoms with van der Waals surface area (Å²) in [5, 5.41) is 0.697. The van der Waals surface area contributed by atoms with E-state index in [9.17, 15) is 0 Å². The molecule has 1 atom stereocenters. The number of hydrogen-bond donors (Lipinski definition) is 2. The molecule has 2 aromatic rings. The predicted molar refractivity (Wildman–Crippen MR) is 87.1 cm³/mol. The Hall–Kier alpha value is -0.390. The molecule has 5 heteroatoms. The Balaban J connectivity index is 2.25. The normalized spacial score (nSPS) is 12.4. The minimum atomic E-state index is -0.0221. The van der Waals surface area contributed by atoms with Crippen molar-refractivity contribution in [1.29, 1.82) is 0 Å². The van der Waals surface area contributed by atoms with Gasteiger partial charge >= 0.3 is 0 Å². The van der Waals surface area contributed by atoms with Crippen LogP contribution in [0.2, 0.25) is 5.02 Å². The van der Waals surface area contributed by atoms with Crippen LogP contribution in [-0.4, -0.2) is 0 Å². The molecule has 0 spiro atoms. The van der Waals surface area contributed by atoms with Gasteiger partial charge in [0.2, 0.25) is 0 Å². The first-order valence-electron chi connectivity index (χ1n) is 5.76. The Morgan fingerprint density at radius 1 is 1.11 bits per heavy atom. The molecule has 2 aromatic carbocycles. The second kappa shape index (κ2) is 6.86. The standard InChI is InChI=1S/C14H13Br2ClN2/c15-10-6-4-9(5-7-10)8-13(19-18)11-2-1-3-12(16)14(11)17/h1-7,13,19H,8,18H2. The van der Waals surface area contributed by atoms with Gasteiger partial charge < -0.3 is 0 Å². The summed E-state index contributed by atoms with van der Waals surface area (Å²) in [6.07, 6.45) is 0.778. The molecule has 3 N–H and O–H groups in total. The minimum Gasteiger partial charge on any atom is -0.271 e. The average molecular weight is 405 g/mol. The molecule has 0 heterocycles. The average Bonchev–Trinajstić information content (AvgIpc) is 2.42. The maximum absolute atomic E-state index is 6.31. The van der Waals surface area contributed by atoms with E-state index in [0.717, 1.165) is 20.9 Å². The number of hydrazine groups is 1. The molecule has 1 unspecified atom stereocenters. The topological polar surface area (TPSA) is 38.0 Å². The molecule has 0 bridgehead atoms. The third-order valence-electron chi connectivity index (χ3n) is 2.91. The van der Waals surface area contributed by atoms with Crippen LogP contribution in [0.4, 0.5) is 0 Å². The summed E-state index contributed by atoms with van der Waals surface area (Å²) in [5.41, 5.74) is 5.02. The number of halogens is 3. The fourth-order valence-corrected chi connectivity index (χ4v) is 2.81. The van der Waals surface area contributed by atoms with Crippen LogP contribution < -0.4 is 11.3 Å². The van der Waals surface area contributed by atoms with Crippen molar-refractivity contribution in [1.82, 2.24) is 5.43 Å². The molecule has 0 aliphatic carbocycles. The Kier molecular flexibility index (Phi) is 5.42.